The largest absolute Gasteiger partial charge is 0.481 e. The molecule has 0 bridgehead atoms. The van der Waals surface area contributed by atoms with Crippen molar-refractivity contribution in [1.29, 1.82) is 0 Å². The number of carboxylic acids is 1. The third-order valence-corrected chi connectivity index (χ3v) is 5.11. The van der Waals surface area contributed by atoms with Crippen LogP contribution in [0.25, 0.3) is 0 Å². The smallest absolute Gasteiger partial charge is 0.309 e. The minimum absolute atomic E-state index is 0.00981. The number of nitrogens with one attached hydrogen (secondary N) is 1. The van der Waals surface area contributed by atoms with Crippen molar-refractivity contribution in [2.75, 3.05) is 18.4 Å². The number of fused-ring (bicyclic) bond motifs is 3. The molecule has 3 aliphatic rings. The van der Waals surface area contributed by atoms with E-state index in [0.717, 1.165) is 30.6 Å². The van der Waals surface area contributed by atoms with Gasteiger partial charge in [-0.05, 0) is 31.0 Å². The molecular formula is C15H16N2O3. The Morgan fingerprint density at radius 1 is 1.40 bits per heavy atom. The van der Waals surface area contributed by atoms with E-state index >= 15 is 0 Å². The molecular weight excluding hydrogens is 256 g/mol. The average molecular weight is 272 g/mol. The molecule has 0 saturated carbocycles. The van der Waals surface area contributed by atoms with Gasteiger partial charge < -0.3 is 10.4 Å². The van der Waals surface area contributed by atoms with Crippen molar-refractivity contribution in [3.05, 3.63) is 29.8 Å². The summed E-state index contributed by atoms with van der Waals surface area (Å²) in [5, 5.41) is 12.6. The minimum atomic E-state index is -0.909. The predicted molar refractivity (Wildman–Crippen MR) is 72.5 cm³/mol. The van der Waals surface area contributed by atoms with Crippen LogP contribution < -0.4 is 5.32 Å². The van der Waals surface area contributed by atoms with Crippen LogP contribution in [0.5, 0.6) is 0 Å². The molecule has 5 heteroatoms. The zero-order valence-corrected chi connectivity index (χ0v) is 11.0. The molecule has 0 aliphatic carbocycles. The van der Waals surface area contributed by atoms with E-state index in [1.165, 1.54) is 0 Å². The molecule has 1 spiro atoms. The monoisotopic (exact) mass is 272 g/mol. The number of aliphatic carboxylic acids is 1. The third-order valence-electron chi connectivity index (χ3n) is 5.11. The highest BCUT2D eigenvalue weighted by atomic mass is 16.4. The van der Waals surface area contributed by atoms with Crippen molar-refractivity contribution in [3.8, 4) is 0 Å². The van der Waals surface area contributed by atoms with Crippen molar-refractivity contribution in [2.45, 2.75) is 24.3 Å². The zero-order valence-electron chi connectivity index (χ0n) is 11.0. The van der Waals surface area contributed by atoms with Crippen LogP contribution in [0.2, 0.25) is 0 Å². The lowest BCUT2D eigenvalue weighted by Gasteiger charge is -2.27. The van der Waals surface area contributed by atoms with Gasteiger partial charge in [0.1, 0.15) is 5.41 Å². The zero-order chi connectivity index (χ0) is 13.9. The van der Waals surface area contributed by atoms with Gasteiger partial charge in [-0.15, -0.1) is 0 Å². The molecule has 1 aromatic carbocycles. The Morgan fingerprint density at radius 3 is 3.00 bits per heavy atom. The van der Waals surface area contributed by atoms with Crippen LogP contribution >= 0.6 is 0 Å². The lowest BCUT2D eigenvalue weighted by molar-refractivity contribution is -0.146. The molecule has 2 fully saturated rings. The molecule has 3 atom stereocenters. The van der Waals surface area contributed by atoms with Crippen molar-refractivity contribution < 1.29 is 14.7 Å². The number of hydrogen-bond acceptors (Lipinski definition) is 3. The molecule has 2 saturated heterocycles. The van der Waals surface area contributed by atoms with E-state index < -0.39 is 17.3 Å². The number of rotatable bonds is 1. The molecule has 1 aromatic rings. The Kier molecular flexibility index (Phi) is 2.27. The lowest BCUT2D eigenvalue weighted by atomic mass is 9.70. The Bertz CT molecular complexity index is 615. The van der Waals surface area contributed by atoms with Gasteiger partial charge in [0.05, 0.1) is 5.92 Å². The number of amides is 1. The van der Waals surface area contributed by atoms with E-state index in [0.29, 0.717) is 6.54 Å². The van der Waals surface area contributed by atoms with Crippen LogP contribution in [-0.4, -0.2) is 41.0 Å². The number of hydrogen-bond donors (Lipinski definition) is 2. The molecule has 3 aliphatic heterocycles. The standard InChI is InChI=1S/C15H16N2O3/c18-13(19)12-11-6-3-7-17(11)8-15(12)9-4-1-2-5-10(9)16-14(15)20/h1-2,4-5,11-12H,3,6-8H2,(H,16,20)(H,18,19)/t11?,12?,15-/m0/s1. The number of carboxylic acid groups (broad SMARTS) is 1. The minimum Gasteiger partial charge on any atom is -0.481 e. The Hall–Kier alpha value is -1.88. The summed E-state index contributed by atoms with van der Waals surface area (Å²) >= 11 is 0. The van der Waals surface area contributed by atoms with Crippen LogP contribution in [0.15, 0.2) is 24.3 Å². The topological polar surface area (TPSA) is 69.6 Å². The van der Waals surface area contributed by atoms with Crippen LogP contribution in [0.1, 0.15) is 18.4 Å². The highest BCUT2D eigenvalue weighted by molar-refractivity contribution is 6.09. The number of para-hydroxylation sites is 1. The van der Waals surface area contributed by atoms with Gasteiger partial charge in [-0.1, -0.05) is 18.2 Å². The summed E-state index contributed by atoms with van der Waals surface area (Å²) < 4.78 is 0. The maximum absolute atomic E-state index is 12.6. The first-order valence-electron chi connectivity index (χ1n) is 7.02. The van der Waals surface area contributed by atoms with Crippen molar-refractivity contribution in [2.24, 2.45) is 5.92 Å². The number of nitrogens with zero attached hydrogens (tertiary/aromatic N) is 1. The third kappa shape index (κ3) is 1.26. The van der Waals surface area contributed by atoms with Crippen molar-refractivity contribution in [1.82, 2.24) is 4.90 Å². The first kappa shape index (κ1) is 11.9. The Balaban J connectivity index is 1.91. The van der Waals surface area contributed by atoms with E-state index in [9.17, 15) is 14.7 Å². The summed E-state index contributed by atoms with van der Waals surface area (Å²) in [5.74, 6) is -1.65. The van der Waals surface area contributed by atoms with Gasteiger partial charge in [-0.2, -0.15) is 0 Å². The Labute approximate surface area is 116 Å². The molecule has 104 valence electrons. The molecule has 5 nitrogen and oxygen atoms in total. The first-order chi connectivity index (χ1) is 9.64. The second-order valence-corrected chi connectivity index (χ2v) is 5.97. The lowest BCUT2D eigenvalue weighted by Crippen LogP contribution is -2.46. The summed E-state index contributed by atoms with van der Waals surface area (Å²) in [5.41, 5.74) is 0.713. The molecule has 20 heavy (non-hydrogen) atoms. The van der Waals surface area contributed by atoms with E-state index in [2.05, 4.69) is 10.2 Å². The molecule has 0 aromatic heterocycles. The second-order valence-electron chi connectivity index (χ2n) is 5.97. The maximum Gasteiger partial charge on any atom is 0.309 e. The molecule has 2 unspecified atom stereocenters. The van der Waals surface area contributed by atoms with Gasteiger partial charge in [0.15, 0.2) is 0 Å². The van der Waals surface area contributed by atoms with Gasteiger partial charge in [0.25, 0.3) is 0 Å². The summed E-state index contributed by atoms with van der Waals surface area (Å²) in [6.07, 6.45) is 1.89. The van der Waals surface area contributed by atoms with Gasteiger partial charge in [-0.25, -0.2) is 0 Å². The summed E-state index contributed by atoms with van der Waals surface area (Å²) in [7, 11) is 0. The molecule has 4 rings (SSSR count). The second kappa shape index (κ2) is 3.82. The van der Waals surface area contributed by atoms with E-state index in [1.807, 2.05) is 24.3 Å². The fraction of sp³-hybridized carbons (Fsp3) is 0.467. The highest BCUT2D eigenvalue weighted by Crippen LogP contribution is 2.52. The number of carbonyl (C=O) groups is 2. The van der Waals surface area contributed by atoms with Gasteiger partial charge in [0.2, 0.25) is 5.91 Å². The van der Waals surface area contributed by atoms with Gasteiger partial charge in [0, 0.05) is 18.3 Å². The van der Waals surface area contributed by atoms with Crippen LogP contribution in [-0.2, 0) is 15.0 Å². The maximum atomic E-state index is 12.6. The summed E-state index contributed by atoms with van der Waals surface area (Å²) in [4.78, 5) is 26.6. The normalized spacial score (nSPS) is 35.1. The summed E-state index contributed by atoms with van der Waals surface area (Å²) in [6.45, 7) is 1.42. The van der Waals surface area contributed by atoms with Gasteiger partial charge in [-0.3, -0.25) is 14.5 Å². The number of anilines is 1. The fourth-order valence-electron chi connectivity index (χ4n) is 4.35. The highest BCUT2D eigenvalue weighted by Gasteiger charge is 2.64. The Morgan fingerprint density at radius 2 is 2.20 bits per heavy atom. The average Bonchev–Trinajstić information content (AvgIpc) is 3.03. The van der Waals surface area contributed by atoms with E-state index in [4.69, 9.17) is 0 Å². The quantitative estimate of drug-likeness (QED) is 0.802. The first-order valence-corrected chi connectivity index (χ1v) is 7.02. The van der Waals surface area contributed by atoms with E-state index in [1.54, 1.807) is 0 Å². The fourth-order valence-corrected chi connectivity index (χ4v) is 4.35. The van der Waals surface area contributed by atoms with Gasteiger partial charge >= 0.3 is 5.97 Å². The molecule has 1 amide bonds. The van der Waals surface area contributed by atoms with Crippen LogP contribution in [0.3, 0.4) is 0 Å². The SMILES string of the molecule is O=C(O)C1C2CCCN2C[C@@]12C(=O)Nc1ccccc12. The van der Waals surface area contributed by atoms with Crippen LogP contribution in [0, 0.1) is 5.92 Å². The molecule has 0 radical (unpaired) electrons. The molecule has 3 heterocycles. The van der Waals surface area contributed by atoms with E-state index in [-0.39, 0.29) is 11.9 Å². The number of carbonyl (C=O) groups excluding carboxylic acids is 1. The van der Waals surface area contributed by atoms with Crippen molar-refractivity contribution in [3.63, 3.8) is 0 Å². The summed E-state index contributed by atoms with van der Waals surface area (Å²) in [6, 6.07) is 7.48. The van der Waals surface area contributed by atoms with Crippen LogP contribution in [0.4, 0.5) is 5.69 Å². The molecule has 2 N–H and O–H groups in total. The number of benzene rings is 1. The predicted octanol–water partition coefficient (Wildman–Crippen LogP) is 1.06. The van der Waals surface area contributed by atoms with Crippen molar-refractivity contribution >= 4 is 17.6 Å².